The number of halogens is 1. The SMILES string of the molecule is Cc1c2ccccc2[n+](-c2ccccc2)c2ccccc12.[I-]. The summed E-state index contributed by atoms with van der Waals surface area (Å²) in [5.74, 6) is 0. The predicted octanol–water partition coefficient (Wildman–Crippen LogP) is 1.58. The number of hydrogen-bond acceptors (Lipinski definition) is 0. The molecule has 4 rings (SSSR count). The second kappa shape index (κ2) is 6.05. The third-order valence-corrected chi connectivity index (χ3v) is 4.11. The molecule has 0 aliphatic heterocycles. The smallest absolute Gasteiger partial charge is 0.219 e. The summed E-state index contributed by atoms with van der Waals surface area (Å²) in [5.41, 5.74) is 5.04. The Kier molecular flexibility index (Phi) is 4.12. The molecule has 0 saturated heterocycles. The summed E-state index contributed by atoms with van der Waals surface area (Å²) in [6.07, 6.45) is 0. The molecule has 3 aromatic carbocycles. The maximum Gasteiger partial charge on any atom is 0.219 e. The van der Waals surface area contributed by atoms with Crippen LogP contribution in [0.1, 0.15) is 5.56 Å². The third-order valence-electron chi connectivity index (χ3n) is 4.11. The summed E-state index contributed by atoms with van der Waals surface area (Å²) in [6.45, 7) is 2.21. The minimum absolute atomic E-state index is 0. The van der Waals surface area contributed by atoms with Crippen LogP contribution in [0.25, 0.3) is 27.5 Å². The summed E-state index contributed by atoms with van der Waals surface area (Å²) < 4.78 is 2.34. The Hall–Kier alpha value is -1.94. The van der Waals surface area contributed by atoms with Gasteiger partial charge < -0.3 is 24.0 Å². The van der Waals surface area contributed by atoms with E-state index in [0.29, 0.717) is 0 Å². The van der Waals surface area contributed by atoms with Crippen LogP contribution >= 0.6 is 0 Å². The molecule has 0 aliphatic rings. The van der Waals surface area contributed by atoms with Crippen LogP contribution in [-0.4, -0.2) is 0 Å². The highest BCUT2D eigenvalue weighted by molar-refractivity contribution is 5.93. The number of aromatic nitrogens is 1. The van der Waals surface area contributed by atoms with Crippen molar-refractivity contribution >= 4 is 21.8 Å². The molecule has 0 bridgehead atoms. The monoisotopic (exact) mass is 397 g/mol. The van der Waals surface area contributed by atoms with Gasteiger partial charge in [0.15, 0.2) is 0 Å². The highest BCUT2D eigenvalue weighted by Crippen LogP contribution is 2.25. The molecule has 0 radical (unpaired) electrons. The minimum atomic E-state index is 0. The molecule has 0 amide bonds. The molecular formula is C20H16IN. The molecule has 0 aliphatic carbocycles. The molecule has 0 fully saturated rings. The molecule has 0 N–H and O–H groups in total. The molecule has 1 nitrogen and oxygen atoms in total. The van der Waals surface area contributed by atoms with Gasteiger partial charge in [0.05, 0.1) is 10.8 Å². The fourth-order valence-electron chi connectivity index (χ4n) is 3.10. The van der Waals surface area contributed by atoms with E-state index < -0.39 is 0 Å². The maximum absolute atomic E-state index is 2.34. The lowest BCUT2D eigenvalue weighted by molar-refractivity contribution is -0.538. The van der Waals surface area contributed by atoms with E-state index in [2.05, 4.69) is 90.4 Å². The number of hydrogen-bond donors (Lipinski definition) is 0. The highest BCUT2D eigenvalue weighted by atomic mass is 127. The predicted molar refractivity (Wildman–Crippen MR) is 87.7 cm³/mol. The number of nitrogens with zero attached hydrogens (tertiary/aromatic N) is 1. The van der Waals surface area contributed by atoms with Gasteiger partial charge in [-0.25, -0.2) is 0 Å². The highest BCUT2D eigenvalue weighted by Gasteiger charge is 2.19. The molecule has 4 aromatic rings. The molecule has 22 heavy (non-hydrogen) atoms. The zero-order chi connectivity index (χ0) is 14.2. The Morgan fingerprint density at radius 1 is 0.591 bits per heavy atom. The van der Waals surface area contributed by atoms with Gasteiger partial charge >= 0.3 is 0 Å². The van der Waals surface area contributed by atoms with E-state index in [9.17, 15) is 0 Å². The summed E-state index contributed by atoms with van der Waals surface area (Å²) in [6, 6.07) is 27.8. The number of para-hydroxylation sites is 3. The maximum atomic E-state index is 2.34. The quantitative estimate of drug-likeness (QED) is 0.261. The van der Waals surface area contributed by atoms with Crippen molar-refractivity contribution < 1.29 is 28.5 Å². The summed E-state index contributed by atoms with van der Waals surface area (Å²) >= 11 is 0. The first-order valence-corrected chi connectivity index (χ1v) is 7.24. The van der Waals surface area contributed by atoms with Crippen LogP contribution in [0, 0.1) is 6.92 Å². The fraction of sp³-hybridized carbons (Fsp3) is 0.0500. The fourth-order valence-corrected chi connectivity index (χ4v) is 3.10. The number of benzene rings is 3. The Morgan fingerprint density at radius 2 is 1.05 bits per heavy atom. The van der Waals surface area contributed by atoms with Gasteiger partial charge in [-0.15, -0.1) is 0 Å². The zero-order valence-electron chi connectivity index (χ0n) is 12.3. The number of rotatable bonds is 1. The molecule has 108 valence electrons. The molecule has 0 atom stereocenters. The molecule has 0 saturated carbocycles. The van der Waals surface area contributed by atoms with E-state index in [-0.39, 0.29) is 24.0 Å². The molecule has 2 heteroatoms. The summed E-state index contributed by atoms with van der Waals surface area (Å²) in [7, 11) is 0. The van der Waals surface area contributed by atoms with E-state index >= 15 is 0 Å². The van der Waals surface area contributed by atoms with Crippen molar-refractivity contribution in [3.8, 4) is 5.69 Å². The van der Waals surface area contributed by atoms with Crippen molar-refractivity contribution in [3.05, 3.63) is 84.4 Å². The Morgan fingerprint density at radius 3 is 1.59 bits per heavy atom. The van der Waals surface area contributed by atoms with E-state index in [1.54, 1.807) is 0 Å². The molecule has 0 unspecified atom stereocenters. The van der Waals surface area contributed by atoms with Crippen LogP contribution in [0.3, 0.4) is 0 Å². The van der Waals surface area contributed by atoms with Gasteiger partial charge in [0.1, 0.15) is 0 Å². The molecular weight excluding hydrogens is 381 g/mol. The Bertz CT molecular complexity index is 889. The second-order valence-corrected chi connectivity index (χ2v) is 5.33. The van der Waals surface area contributed by atoms with Gasteiger partial charge in [0.2, 0.25) is 16.7 Å². The van der Waals surface area contributed by atoms with Crippen molar-refractivity contribution in [1.82, 2.24) is 0 Å². The van der Waals surface area contributed by atoms with Crippen LogP contribution in [0.15, 0.2) is 78.9 Å². The zero-order valence-corrected chi connectivity index (χ0v) is 14.5. The van der Waals surface area contributed by atoms with Crippen LogP contribution in [-0.2, 0) is 0 Å². The van der Waals surface area contributed by atoms with E-state index in [0.717, 1.165) is 0 Å². The summed E-state index contributed by atoms with van der Waals surface area (Å²) in [5, 5.41) is 2.61. The van der Waals surface area contributed by atoms with Gasteiger partial charge in [0, 0.05) is 24.3 Å². The number of fused-ring (bicyclic) bond motifs is 2. The molecule has 0 spiro atoms. The van der Waals surface area contributed by atoms with Gasteiger partial charge in [-0.2, -0.15) is 4.57 Å². The third kappa shape index (κ3) is 2.28. The Labute approximate surface area is 147 Å². The first-order valence-electron chi connectivity index (χ1n) is 7.24. The molecule has 1 heterocycles. The largest absolute Gasteiger partial charge is 1.00 e. The van der Waals surface area contributed by atoms with Crippen molar-refractivity contribution in [2.45, 2.75) is 6.92 Å². The van der Waals surface area contributed by atoms with Crippen molar-refractivity contribution in [3.63, 3.8) is 0 Å². The van der Waals surface area contributed by atoms with Crippen LogP contribution in [0.4, 0.5) is 0 Å². The van der Waals surface area contributed by atoms with Gasteiger partial charge in [-0.1, -0.05) is 42.5 Å². The normalized spacial score (nSPS) is 10.6. The lowest BCUT2D eigenvalue weighted by Gasteiger charge is -2.08. The van der Waals surface area contributed by atoms with E-state index in [1.807, 2.05) is 0 Å². The topological polar surface area (TPSA) is 3.88 Å². The Balaban J connectivity index is 0.00000144. The van der Waals surface area contributed by atoms with Gasteiger partial charge in [-0.05, 0) is 24.6 Å². The van der Waals surface area contributed by atoms with E-state index in [1.165, 1.54) is 33.1 Å². The average Bonchev–Trinajstić information content (AvgIpc) is 2.56. The van der Waals surface area contributed by atoms with Crippen LogP contribution < -0.4 is 28.5 Å². The van der Waals surface area contributed by atoms with Crippen molar-refractivity contribution in [1.29, 1.82) is 0 Å². The minimum Gasteiger partial charge on any atom is -1.00 e. The lowest BCUT2D eigenvalue weighted by atomic mass is 10.0. The average molecular weight is 397 g/mol. The van der Waals surface area contributed by atoms with Crippen molar-refractivity contribution in [2.75, 3.05) is 0 Å². The lowest BCUT2D eigenvalue weighted by Crippen LogP contribution is -3.00. The number of pyridine rings is 1. The van der Waals surface area contributed by atoms with Crippen molar-refractivity contribution in [2.24, 2.45) is 0 Å². The first-order chi connectivity index (χ1) is 10.4. The first kappa shape index (κ1) is 15.0. The molecule has 1 aromatic heterocycles. The van der Waals surface area contributed by atoms with E-state index in [4.69, 9.17) is 0 Å². The second-order valence-electron chi connectivity index (χ2n) is 5.33. The van der Waals surface area contributed by atoms with Crippen LogP contribution in [0.5, 0.6) is 0 Å². The number of aryl methyl sites for hydroxylation is 1. The standard InChI is InChI=1S/C20H16N.HI/c1-15-17-11-5-7-13-19(17)21(16-9-3-2-4-10-16)20-14-8-6-12-18(15)20;/h2-14H,1H3;1H/q+1;/p-1. The van der Waals surface area contributed by atoms with Gasteiger partial charge in [0.25, 0.3) is 0 Å². The van der Waals surface area contributed by atoms with Crippen LogP contribution in [0.2, 0.25) is 0 Å². The summed E-state index contributed by atoms with van der Waals surface area (Å²) in [4.78, 5) is 0. The van der Waals surface area contributed by atoms with Gasteiger partial charge in [-0.3, -0.25) is 0 Å².